The summed E-state index contributed by atoms with van der Waals surface area (Å²) >= 11 is 1.18. The number of para-hydroxylation sites is 1. The number of carbonyl (C=O) groups is 1. The van der Waals surface area contributed by atoms with Crippen molar-refractivity contribution in [3.05, 3.63) is 84.8 Å². The molecule has 4 nitrogen and oxygen atoms in total. The van der Waals surface area contributed by atoms with Gasteiger partial charge in [-0.25, -0.2) is 0 Å². The molecule has 0 fully saturated rings. The molecule has 0 saturated carbocycles. The fourth-order valence-electron chi connectivity index (χ4n) is 3.07. The summed E-state index contributed by atoms with van der Waals surface area (Å²) in [5, 5.41) is 9.85. The Morgan fingerprint density at radius 2 is 1.70 bits per heavy atom. The number of carbonyl (C=O) groups excluding carboxylic acids is 1. The van der Waals surface area contributed by atoms with Crippen molar-refractivity contribution in [2.24, 2.45) is 5.41 Å². The summed E-state index contributed by atoms with van der Waals surface area (Å²) in [5.74, 6) is -0.282. The SMILES string of the molecule is Cc1ccc(/C=c2\s/c(=C(/C#N)C(=O)C(C)(C)C)n(-c3ccccc3C)c2=O)cc1. The molecule has 0 spiro atoms. The van der Waals surface area contributed by atoms with Crippen LogP contribution in [0.5, 0.6) is 0 Å². The second kappa shape index (κ2) is 8.25. The lowest BCUT2D eigenvalue weighted by Gasteiger charge is -2.15. The van der Waals surface area contributed by atoms with E-state index in [1.54, 1.807) is 26.8 Å². The van der Waals surface area contributed by atoms with Crippen LogP contribution in [0.4, 0.5) is 0 Å². The van der Waals surface area contributed by atoms with Crippen molar-refractivity contribution in [3.8, 4) is 11.8 Å². The van der Waals surface area contributed by atoms with Gasteiger partial charge in [0.05, 0.1) is 10.2 Å². The van der Waals surface area contributed by atoms with E-state index in [2.05, 4.69) is 6.07 Å². The van der Waals surface area contributed by atoms with Crippen LogP contribution in [-0.4, -0.2) is 10.4 Å². The van der Waals surface area contributed by atoms with Crippen molar-refractivity contribution in [3.63, 3.8) is 0 Å². The van der Waals surface area contributed by atoms with E-state index in [-0.39, 0.29) is 16.9 Å². The molecule has 0 radical (unpaired) electrons. The van der Waals surface area contributed by atoms with Crippen LogP contribution in [0.1, 0.15) is 37.5 Å². The Labute approximate surface area is 180 Å². The lowest BCUT2D eigenvalue weighted by molar-refractivity contribution is -0.120. The molecule has 0 atom stereocenters. The molecule has 0 aliphatic rings. The lowest BCUT2D eigenvalue weighted by Crippen LogP contribution is -2.33. The number of thiazole rings is 1. The van der Waals surface area contributed by atoms with E-state index >= 15 is 0 Å². The zero-order valence-corrected chi connectivity index (χ0v) is 18.6. The molecule has 3 rings (SSSR count). The molecular formula is C25H24N2O2S. The Balaban J connectivity index is 2.45. The Morgan fingerprint density at radius 3 is 2.27 bits per heavy atom. The van der Waals surface area contributed by atoms with E-state index in [1.807, 2.05) is 62.4 Å². The fraction of sp³-hybridized carbons (Fsp3) is 0.240. The summed E-state index contributed by atoms with van der Waals surface area (Å²) in [5.41, 5.74) is 2.63. The van der Waals surface area contributed by atoms with Gasteiger partial charge in [0.2, 0.25) is 0 Å². The number of ketones is 1. The first kappa shape index (κ1) is 21.5. The van der Waals surface area contributed by atoms with Gasteiger partial charge >= 0.3 is 0 Å². The van der Waals surface area contributed by atoms with Crippen LogP contribution in [0.25, 0.3) is 17.3 Å². The van der Waals surface area contributed by atoms with Gasteiger partial charge in [-0.15, -0.1) is 11.3 Å². The molecule has 1 heterocycles. The summed E-state index contributed by atoms with van der Waals surface area (Å²) in [6.45, 7) is 9.23. The largest absolute Gasteiger partial charge is 0.293 e. The van der Waals surface area contributed by atoms with E-state index in [0.717, 1.165) is 16.7 Å². The third-order valence-electron chi connectivity index (χ3n) is 4.79. The Kier molecular flexibility index (Phi) is 5.91. The van der Waals surface area contributed by atoms with Crippen LogP contribution in [0.3, 0.4) is 0 Å². The van der Waals surface area contributed by atoms with Gasteiger partial charge in [0.15, 0.2) is 5.78 Å². The maximum Gasteiger partial charge on any atom is 0.273 e. The van der Waals surface area contributed by atoms with Crippen LogP contribution < -0.4 is 14.8 Å². The molecule has 152 valence electrons. The Bertz CT molecular complexity index is 1330. The quantitative estimate of drug-likeness (QED) is 0.655. The van der Waals surface area contributed by atoms with Gasteiger partial charge in [-0.3, -0.25) is 14.2 Å². The third-order valence-corrected chi connectivity index (χ3v) is 5.88. The third kappa shape index (κ3) is 4.19. The van der Waals surface area contributed by atoms with Crippen molar-refractivity contribution in [2.45, 2.75) is 34.6 Å². The van der Waals surface area contributed by atoms with Crippen LogP contribution >= 0.6 is 11.3 Å². The maximum atomic E-state index is 13.4. The van der Waals surface area contributed by atoms with Crippen LogP contribution in [-0.2, 0) is 4.79 Å². The van der Waals surface area contributed by atoms with Crippen molar-refractivity contribution in [1.29, 1.82) is 5.26 Å². The summed E-state index contributed by atoms with van der Waals surface area (Å²) in [6, 6.07) is 17.4. The highest BCUT2D eigenvalue weighted by Crippen LogP contribution is 2.20. The molecule has 0 N–H and O–H groups in total. The maximum absolute atomic E-state index is 13.4. The molecule has 1 aromatic heterocycles. The smallest absolute Gasteiger partial charge is 0.273 e. The van der Waals surface area contributed by atoms with Crippen molar-refractivity contribution >= 4 is 28.8 Å². The molecule has 30 heavy (non-hydrogen) atoms. The van der Waals surface area contributed by atoms with Crippen LogP contribution in [0.2, 0.25) is 0 Å². The molecule has 0 saturated heterocycles. The molecule has 0 unspecified atom stereocenters. The number of Topliss-reactive ketones (excluding diaryl/α,β-unsaturated/α-hetero) is 1. The van der Waals surface area contributed by atoms with E-state index in [0.29, 0.717) is 14.9 Å². The molecule has 3 aromatic rings. The topological polar surface area (TPSA) is 62.9 Å². The van der Waals surface area contributed by atoms with Gasteiger partial charge in [0.25, 0.3) is 5.56 Å². The first-order chi connectivity index (χ1) is 14.1. The second-order valence-electron chi connectivity index (χ2n) is 8.32. The van der Waals surface area contributed by atoms with Gasteiger partial charge in [0.1, 0.15) is 16.3 Å². The minimum absolute atomic E-state index is 0.0106. The second-order valence-corrected chi connectivity index (χ2v) is 9.35. The zero-order valence-electron chi connectivity index (χ0n) is 17.8. The zero-order chi connectivity index (χ0) is 22.1. The predicted octanol–water partition coefficient (Wildman–Crippen LogP) is 3.63. The van der Waals surface area contributed by atoms with Gasteiger partial charge in [-0.2, -0.15) is 5.26 Å². The van der Waals surface area contributed by atoms with Crippen LogP contribution in [0.15, 0.2) is 53.3 Å². The molecular weight excluding hydrogens is 392 g/mol. The number of rotatable bonds is 3. The number of hydrogen-bond donors (Lipinski definition) is 0. The molecule has 5 heteroatoms. The average Bonchev–Trinajstić information content (AvgIpc) is 3.00. The first-order valence-corrected chi connectivity index (χ1v) is 10.5. The minimum atomic E-state index is -0.734. The van der Waals surface area contributed by atoms with Gasteiger partial charge in [-0.1, -0.05) is 68.8 Å². The summed E-state index contributed by atoms with van der Waals surface area (Å²) in [6.07, 6.45) is 1.81. The number of nitrogens with zero attached hydrogens (tertiary/aromatic N) is 2. The van der Waals surface area contributed by atoms with Crippen LogP contribution in [0, 0.1) is 30.6 Å². The number of hydrogen-bond acceptors (Lipinski definition) is 4. The molecule has 0 bridgehead atoms. The molecule has 2 aromatic carbocycles. The fourth-order valence-corrected chi connectivity index (χ4v) is 4.16. The highest BCUT2D eigenvalue weighted by atomic mass is 32.1. The Hall–Kier alpha value is -3.23. The summed E-state index contributed by atoms with van der Waals surface area (Å²) in [7, 11) is 0. The first-order valence-electron chi connectivity index (χ1n) is 9.69. The highest BCUT2D eigenvalue weighted by molar-refractivity contribution is 7.07. The van der Waals surface area contributed by atoms with Gasteiger partial charge < -0.3 is 0 Å². The molecule has 0 aliphatic carbocycles. The highest BCUT2D eigenvalue weighted by Gasteiger charge is 2.27. The molecule has 0 aliphatic heterocycles. The van der Waals surface area contributed by atoms with E-state index in [9.17, 15) is 14.9 Å². The predicted molar refractivity (Wildman–Crippen MR) is 122 cm³/mol. The van der Waals surface area contributed by atoms with Gasteiger partial charge in [0, 0.05) is 5.41 Å². The number of aromatic nitrogens is 1. The van der Waals surface area contributed by atoms with Gasteiger partial charge in [-0.05, 0) is 37.1 Å². The average molecular weight is 417 g/mol. The normalized spacial score (nSPS) is 13.1. The van der Waals surface area contributed by atoms with Crippen molar-refractivity contribution < 1.29 is 4.79 Å². The monoisotopic (exact) mass is 416 g/mol. The van der Waals surface area contributed by atoms with E-state index in [1.165, 1.54) is 15.9 Å². The minimum Gasteiger partial charge on any atom is -0.293 e. The van der Waals surface area contributed by atoms with Crippen molar-refractivity contribution in [2.75, 3.05) is 0 Å². The summed E-state index contributed by atoms with van der Waals surface area (Å²) < 4.78 is 2.35. The number of benzene rings is 2. The molecule has 0 amide bonds. The number of aryl methyl sites for hydroxylation is 2. The van der Waals surface area contributed by atoms with Crippen molar-refractivity contribution in [1.82, 2.24) is 4.57 Å². The Morgan fingerprint density at radius 1 is 1.07 bits per heavy atom. The van der Waals surface area contributed by atoms with E-state index < -0.39 is 5.41 Å². The lowest BCUT2D eigenvalue weighted by atomic mass is 9.87. The number of nitriles is 1. The summed E-state index contributed by atoms with van der Waals surface area (Å²) in [4.78, 5) is 26.4. The van der Waals surface area contributed by atoms with E-state index in [4.69, 9.17) is 0 Å². The standard InChI is InChI=1S/C25H24N2O2S/c1-16-10-12-18(13-11-16)14-21-23(29)27(20-9-7-6-8-17(20)2)24(30-21)19(15-26)22(28)25(3,4)5/h6-14H,1-5H3/b21-14-,24-19-.